The fourth-order valence-electron chi connectivity index (χ4n) is 3.20. The average molecular weight is 412 g/mol. The minimum atomic E-state index is -4.71. The summed E-state index contributed by atoms with van der Waals surface area (Å²) in [5.41, 5.74) is -2.51. The van der Waals surface area contributed by atoms with Crippen molar-refractivity contribution in [2.45, 2.75) is 26.1 Å². The number of benzene rings is 1. The molecule has 0 saturated carbocycles. The van der Waals surface area contributed by atoms with E-state index in [4.69, 9.17) is 9.15 Å². The zero-order valence-corrected chi connectivity index (χ0v) is 15.8. The van der Waals surface area contributed by atoms with E-state index in [2.05, 4.69) is 0 Å². The number of hydrogen-bond acceptors (Lipinski definition) is 5. The molecular weight excluding hydrogens is 393 g/mol. The molecule has 1 atom stereocenters. The second kappa shape index (κ2) is 7.76. The normalized spacial score (nSPS) is 16.0. The van der Waals surface area contributed by atoms with Crippen molar-refractivity contribution in [3.63, 3.8) is 0 Å². The van der Waals surface area contributed by atoms with E-state index in [1.165, 1.54) is 19.9 Å². The lowest BCUT2D eigenvalue weighted by Crippen LogP contribution is -2.52. The Labute approximate surface area is 163 Å². The van der Waals surface area contributed by atoms with E-state index in [0.717, 1.165) is 12.1 Å². The Balaban J connectivity index is 1.75. The van der Waals surface area contributed by atoms with E-state index in [1.54, 1.807) is 9.80 Å². The number of amides is 2. The summed E-state index contributed by atoms with van der Waals surface area (Å²) in [6.07, 6.45) is -5.61. The lowest BCUT2D eigenvalue weighted by atomic mass is 10.1. The number of fused-ring (bicyclic) bond motifs is 1. The summed E-state index contributed by atoms with van der Waals surface area (Å²) in [6, 6.07) is 3.98. The Bertz CT molecular complexity index is 993. The molecule has 7 nitrogen and oxygen atoms in total. The standard InChI is InChI=1S/C19H19F3N2O5/c1-11(18(27)24-7-5-23(6-8-24)12(2)25)28-13-3-4-14-15(19(20,21)22)10-17(26)29-16(14)9-13/h3-4,9-11H,5-8H2,1-2H3. The van der Waals surface area contributed by atoms with Gasteiger partial charge in [0.1, 0.15) is 11.3 Å². The van der Waals surface area contributed by atoms with Crippen molar-refractivity contribution in [2.75, 3.05) is 26.2 Å². The molecule has 1 aromatic carbocycles. The van der Waals surface area contributed by atoms with Crippen molar-refractivity contribution in [3.05, 3.63) is 40.2 Å². The van der Waals surface area contributed by atoms with E-state index in [9.17, 15) is 27.6 Å². The van der Waals surface area contributed by atoms with Crippen LogP contribution in [0.5, 0.6) is 5.75 Å². The number of nitrogens with zero attached hydrogens (tertiary/aromatic N) is 2. The zero-order chi connectivity index (χ0) is 21.3. The van der Waals surface area contributed by atoms with Gasteiger partial charge < -0.3 is 19.0 Å². The lowest BCUT2D eigenvalue weighted by Gasteiger charge is -2.35. The number of piperazine rings is 1. The van der Waals surface area contributed by atoms with E-state index in [-0.39, 0.29) is 28.5 Å². The Morgan fingerprint density at radius 3 is 2.31 bits per heavy atom. The van der Waals surface area contributed by atoms with Crippen LogP contribution in [0, 0.1) is 0 Å². The summed E-state index contributed by atoms with van der Waals surface area (Å²) in [4.78, 5) is 38.6. The molecule has 0 radical (unpaired) electrons. The number of rotatable bonds is 3. The van der Waals surface area contributed by atoms with Crippen molar-refractivity contribution in [1.29, 1.82) is 0 Å². The first kappa shape index (κ1) is 20.7. The highest BCUT2D eigenvalue weighted by molar-refractivity contribution is 5.83. The summed E-state index contributed by atoms with van der Waals surface area (Å²) in [5, 5.41) is -0.274. The monoisotopic (exact) mass is 412 g/mol. The number of ether oxygens (including phenoxy) is 1. The third-order valence-corrected chi connectivity index (χ3v) is 4.72. The van der Waals surface area contributed by atoms with Gasteiger partial charge in [0.05, 0.1) is 5.56 Å². The van der Waals surface area contributed by atoms with Crippen LogP contribution in [0.3, 0.4) is 0 Å². The summed E-state index contributed by atoms with van der Waals surface area (Å²) >= 11 is 0. The summed E-state index contributed by atoms with van der Waals surface area (Å²) in [5.74, 6) is -0.265. The number of carbonyl (C=O) groups excluding carboxylic acids is 2. The highest BCUT2D eigenvalue weighted by atomic mass is 19.4. The zero-order valence-electron chi connectivity index (χ0n) is 15.8. The van der Waals surface area contributed by atoms with Crippen LogP contribution in [0.25, 0.3) is 11.0 Å². The van der Waals surface area contributed by atoms with E-state index < -0.39 is 23.5 Å². The molecule has 0 spiro atoms. The highest BCUT2D eigenvalue weighted by Crippen LogP contribution is 2.35. The van der Waals surface area contributed by atoms with E-state index >= 15 is 0 Å². The molecule has 2 heterocycles. The Kier molecular flexibility index (Phi) is 5.54. The fraction of sp³-hybridized carbons (Fsp3) is 0.421. The quantitative estimate of drug-likeness (QED) is 0.723. The van der Waals surface area contributed by atoms with Crippen molar-refractivity contribution < 1.29 is 31.9 Å². The van der Waals surface area contributed by atoms with Gasteiger partial charge in [-0.25, -0.2) is 4.79 Å². The third-order valence-electron chi connectivity index (χ3n) is 4.72. The van der Waals surface area contributed by atoms with Gasteiger partial charge in [0, 0.05) is 50.6 Å². The maximum absolute atomic E-state index is 13.1. The van der Waals surface area contributed by atoms with Crippen molar-refractivity contribution in [1.82, 2.24) is 9.80 Å². The fourth-order valence-corrected chi connectivity index (χ4v) is 3.20. The molecule has 1 aromatic heterocycles. The van der Waals surface area contributed by atoms with Gasteiger partial charge in [-0.2, -0.15) is 13.2 Å². The van der Waals surface area contributed by atoms with Crippen LogP contribution in [-0.2, 0) is 15.8 Å². The first-order valence-corrected chi connectivity index (χ1v) is 8.92. The Morgan fingerprint density at radius 1 is 1.10 bits per heavy atom. The molecule has 0 bridgehead atoms. The molecule has 1 aliphatic heterocycles. The highest BCUT2D eigenvalue weighted by Gasteiger charge is 2.34. The molecule has 156 valence electrons. The van der Waals surface area contributed by atoms with Gasteiger partial charge in [-0.15, -0.1) is 0 Å². The molecule has 1 fully saturated rings. The van der Waals surface area contributed by atoms with Gasteiger partial charge in [0.15, 0.2) is 6.10 Å². The average Bonchev–Trinajstić information content (AvgIpc) is 2.65. The predicted molar refractivity (Wildman–Crippen MR) is 96.4 cm³/mol. The van der Waals surface area contributed by atoms with E-state index in [1.807, 2.05) is 0 Å². The minimum absolute atomic E-state index is 0.0581. The summed E-state index contributed by atoms with van der Waals surface area (Å²) in [6.45, 7) is 4.57. The molecule has 0 aliphatic carbocycles. The van der Waals surface area contributed by atoms with Gasteiger partial charge in [0.2, 0.25) is 5.91 Å². The Hall–Kier alpha value is -3.04. The summed E-state index contributed by atoms with van der Waals surface area (Å²) in [7, 11) is 0. The van der Waals surface area contributed by atoms with Crippen LogP contribution in [0.15, 0.2) is 33.5 Å². The van der Waals surface area contributed by atoms with Crippen LogP contribution in [0.2, 0.25) is 0 Å². The molecule has 1 saturated heterocycles. The van der Waals surface area contributed by atoms with Crippen molar-refractivity contribution in [2.24, 2.45) is 0 Å². The number of alkyl halides is 3. The molecule has 1 aliphatic rings. The first-order valence-electron chi connectivity index (χ1n) is 8.92. The van der Waals surface area contributed by atoms with Crippen molar-refractivity contribution >= 4 is 22.8 Å². The smallest absolute Gasteiger partial charge is 0.417 e. The lowest BCUT2D eigenvalue weighted by molar-refractivity contribution is -0.143. The number of hydrogen-bond donors (Lipinski definition) is 0. The summed E-state index contributed by atoms with van der Waals surface area (Å²) < 4.78 is 49.8. The number of carbonyl (C=O) groups is 2. The SMILES string of the molecule is CC(=O)N1CCN(C(=O)C(C)Oc2ccc3c(C(F)(F)F)cc(=O)oc3c2)CC1. The largest absolute Gasteiger partial charge is 0.481 e. The van der Waals surface area contributed by atoms with Crippen LogP contribution < -0.4 is 10.4 Å². The first-order chi connectivity index (χ1) is 13.6. The predicted octanol–water partition coefficient (Wildman–Crippen LogP) is 2.27. The maximum atomic E-state index is 13.1. The van der Waals surface area contributed by atoms with Gasteiger partial charge in [-0.05, 0) is 19.1 Å². The van der Waals surface area contributed by atoms with Gasteiger partial charge >= 0.3 is 11.8 Å². The third kappa shape index (κ3) is 4.52. The van der Waals surface area contributed by atoms with Crippen LogP contribution in [-0.4, -0.2) is 53.9 Å². The van der Waals surface area contributed by atoms with Crippen molar-refractivity contribution in [3.8, 4) is 5.75 Å². The van der Waals surface area contributed by atoms with Gasteiger partial charge in [0.25, 0.3) is 5.91 Å². The Morgan fingerprint density at radius 2 is 1.72 bits per heavy atom. The molecule has 3 rings (SSSR count). The maximum Gasteiger partial charge on any atom is 0.417 e. The molecule has 1 unspecified atom stereocenters. The second-order valence-electron chi connectivity index (χ2n) is 6.73. The van der Waals surface area contributed by atoms with Crippen LogP contribution in [0.1, 0.15) is 19.4 Å². The molecular formula is C19H19F3N2O5. The van der Waals surface area contributed by atoms with Gasteiger partial charge in [-0.3, -0.25) is 9.59 Å². The molecule has 0 N–H and O–H groups in total. The molecule has 2 aromatic rings. The number of halogens is 3. The second-order valence-corrected chi connectivity index (χ2v) is 6.73. The minimum Gasteiger partial charge on any atom is -0.481 e. The van der Waals surface area contributed by atoms with Crippen LogP contribution in [0.4, 0.5) is 13.2 Å². The molecule has 10 heteroatoms. The van der Waals surface area contributed by atoms with E-state index in [0.29, 0.717) is 32.2 Å². The molecule has 29 heavy (non-hydrogen) atoms. The van der Waals surface area contributed by atoms with Gasteiger partial charge in [-0.1, -0.05) is 0 Å². The molecule has 2 amide bonds. The topological polar surface area (TPSA) is 80.1 Å². The van der Waals surface area contributed by atoms with Crippen LogP contribution >= 0.6 is 0 Å².